The highest BCUT2D eigenvalue weighted by atomic mass is 79.9. The standard InChI is InChI=1S/C35H44BrN9O3S.C21H34N4O.C14H11BrClN5O2S/c1-5-22-16-30(32(48-3)17-31(22)44-14-10-23(11-15-44)45-20-24-6-7-25(45)19-43(24)2)41-35-39-18-27(36)34(42-35)40-28-8-9-29-33(38-13-12-37-29)26(28)21-49(4,46)47;1-4-15-11-19(22)21(26-3)12-20(15)24-9-7-16(8-10-24)25-14-17-5-6-18(25)13-23(17)2;1-24(22,23)7-8-10(2-3-11-12(8)18-5-4-17-11)20-13-9(15)6-19-14(16)21-13/h8-9,12-13,16-18,23-25H,5-7,10-11,14-15,19-21H2,1-4H3,(H2,39,40,41,42);11-12,16-18H,4-10,13-14,22H2,1-3H3;2-6H,7H2,1H3,(H,19,20,21). The van der Waals surface area contributed by atoms with E-state index in [-0.39, 0.29) is 16.8 Å². The van der Waals surface area contributed by atoms with Gasteiger partial charge in [0.05, 0.1) is 68.1 Å². The van der Waals surface area contributed by atoms with E-state index in [4.69, 9.17) is 31.8 Å². The second kappa shape index (κ2) is 31.1. The average molecular weight is 1540 g/mol. The maximum Gasteiger partial charge on any atom is 0.229 e. The molecule has 12 heterocycles. The van der Waals surface area contributed by atoms with E-state index in [9.17, 15) is 16.8 Å². The van der Waals surface area contributed by atoms with Crippen LogP contribution in [-0.4, -0.2) is 206 Å². The fourth-order valence-corrected chi connectivity index (χ4v) is 17.7. The van der Waals surface area contributed by atoms with Gasteiger partial charge in [-0.05, 0) is 169 Å². The number of nitrogens with one attached hydrogen (secondary N) is 3. The molecule has 99 heavy (non-hydrogen) atoms. The molecule has 16 rings (SSSR count). The molecule has 29 heteroatoms. The summed E-state index contributed by atoms with van der Waals surface area (Å²) < 4.78 is 61.0. The largest absolute Gasteiger partial charge is 0.495 e. The van der Waals surface area contributed by atoms with Crippen LogP contribution in [-0.2, 0) is 44.0 Å². The molecule has 8 aliphatic rings. The number of anilines is 9. The molecular weight excluding hydrogens is 1450 g/mol. The summed E-state index contributed by atoms with van der Waals surface area (Å²) in [5.74, 6) is 2.40. The molecule has 4 atom stereocenters. The highest BCUT2D eigenvalue weighted by Crippen LogP contribution is 2.41. The SMILES string of the molecule is CCc1cc(N)c(OC)cc1N1CCC(N2CC3CCC2CN3C)CC1.CCc1cc(Nc2ncc(Br)c(Nc3ccc4nccnc4c3CS(C)(=O)=O)n2)c(OC)cc1N1CCC(N2CC3CCC2CN3C)CC1.CS(=O)(=O)Cc1c(Nc2nc(Cl)ncc2Br)ccc2nccnc12. The number of rotatable bonds is 18. The van der Waals surface area contributed by atoms with Gasteiger partial charge in [-0.2, -0.15) is 9.97 Å². The van der Waals surface area contributed by atoms with E-state index in [0.29, 0.717) is 89.2 Å². The Bertz CT molecular complexity index is 4460. The minimum absolute atomic E-state index is 0.0749. The monoisotopic (exact) mass is 1530 g/mol. The predicted molar refractivity (Wildman–Crippen MR) is 402 cm³/mol. The number of hydrogen-bond donors (Lipinski definition) is 4. The number of methoxy groups -OCH3 is 2. The lowest BCUT2D eigenvalue weighted by molar-refractivity contribution is -0.0360. The Morgan fingerprint density at radius 3 is 1.42 bits per heavy atom. The van der Waals surface area contributed by atoms with Gasteiger partial charge in [-0.1, -0.05) is 13.8 Å². The van der Waals surface area contributed by atoms with Crippen molar-refractivity contribution in [3.8, 4) is 11.5 Å². The highest BCUT2D eigenvalue weighted by Gasteiger charge is 2.43. The summed E-state index contributed by atoms with van der Waals surface area (Å²) >= 11 is 12.7. The number of benzene rings is 4. The molecule has 5 N–H and O–H groups in total. The van der Waals surface area contributed by atoms with E-state index in [1.54, 1.807) is 57.2 Å². The normalized spacial score (nSPS) is 20.3. The van der Waals surface area contributed by atoms with Crippen LogP contribution in [0.4, 0.5) is 51.7 Å². The van der Waals surface area contributed by atoms with E-state index in [0.717, 1.165) is 80.0 Å². The summed E-state index contributed by atoms with van der Waals surface area (Å²) in [6.45, 7) is 13.7. The van der Waals surface area contributed by atoms with Crippen LogP contribution in [0.25, 0.3) is 22.1 Å². The van der Waals surface area contributed by atoms with Crippen LogP contribution in [0.15, 0.2) is 94.7 Å². The van der Waals surface area contributed by atoms with Crippen LogP contribution >= 0.6 is 43.5 Å². The number of halogens is 3. The average Bonchev–Trinajstić information content (AvgIpc) is 0.804. The van der Waals surface area contributed by atoms with Crippen molar-refractivity contribution >= 4 is 137 Å². The molecule has 8 aliphatic heterocycles. The van der Waals surface area contributed by atoms with Crippen LogP contribution in [0.3, 0.4) is 0 Å². The Morgan fingerprint density at radius 2 is 0.980 bits per heavy atom. The maximum atomic E-state index is 12.4. The fraction of sp³-hybridized carbons (Fsp3) is 0.486. The smallest absolute Gasteiger partial charge is 0.229 e. The number of piperazine rings is 2. The first kappa shape index (κ1) is 71.9. The number of likely N-dealkylation sites (N-methyl/N-ethyl adjacent to an activating group) is 2. The van der Waals surface area contributed by atoms with Crippen LogP contribution in [0.2, 0.25) is 5.28 Å². The molecule has 4 aromatic carbocycles. The number of piperidine rings is 6. The van der Waals surface area contributed by atoms with E-state index in [1.807, 2.05) is 6.07 Å². The molecule has 8 saturated heterocycles. The van der Waals surface area contributed by atoms with E-state index in [1.165, 1.54) is 125 Å². The third-order valence-corrected chi connectivity index (χ3v) is 23.3. The van der Waals surface area contributed by atoms with Crippen molar-refractivity contribution in [2.24, 2.45) is 0 Å². The summed E-state index contributed by atoms with van der Waals surface area (Å²) in [5, 5.41) is 9.84. The zero-order valence-corrected chi connectivity index (χ0v) is 63.0. The van der Waals surface area contributed by atoms with Crippen LogP contribution in [0, 0.1) is 0 Å². The predicted octanol–water partition coefficient (Wildman–Crippen LogP) is 11.2. The molecule has 0 amide bonds. The molecule has 0 aliphatic carbocycles. The van der Waals surface area contributed by atoms with Crippen LogP contribution in [0.5, 0.6) is 11.5 Å². The number of hydrogen-bond acceptors (Lipinski definition) is 24. The van der Waals surface area contributed by atoms with Gasteiger partial charge < -0.3 is 50.8 Å². The molecule has 4 bridgehead atoms. The molecule has 8 fully saturated rings. The van der Waals surface area contributed by atoms with Crippen molar-refractivity contribution in [3.05, 3.63) is 122 Å². The third-order valence-electron chi connectivity index (χ3n) is 20.3. The fourth-order valence-electron chi connectivity index (χ4n) is 15.3. The second-order valence-corrected chi connectivity index (χ2v) is 33.2. The molecule has 8 aromatic rings. The first-order valence-corrected chi connectivity index (χ1v) is 40.0. The van der Waals surface area contributed by atoms with E-state index < -0.39 is 19.7 Å². The zero-order valence-electron chi connectivity index (χ0n) is 57.4. The van der Waals surface area contributed by atoms with Gasteiger partial charge in [0.15, 0.2) is 19.7 Å². The van der Waals surface area contributed by atoms with E-state index in [2.05, 4.69) is 164 Å². The van der Waals surface area contributed by atoms with Gasteiger partial charge >= 0.3 is 0 Å². The van der Waals surface area contributed by atoms with Gasteiger partial charge in [-0.15, -0.1) is 0 Å². The van der Waals surface area contributed by atoms with Crippen molar-refractivity contribution in [2.75, 3.05) is 125 Å². The Kier molecular flexibility index (Phi) is 22.6. The van der Waals surface area contributed by atoms with E-state index >= 15 is 0 Å². The first-order valence-electron chi connectivity index (χ1n) is 33.9. The number of aryl methyl sites for hydroxylation is 2. The topological polar surface area (TPSA) is 271 Å². The molecule has 528 valence electrons. The van der Waals surface area contributed by atoms with Gasteiger partial charge in [0.25, 0.3) is 0 Å². The summed E-state index contributed by atoms with van der Waals surface area (Å²) in [7, 11) is 1.33. The molecule has 4 unspecified atom stereocenters. The zero-order chi connectivity index (χ0) is 69.9. The third kappa shape index (κ3) is 16.9. The van der Waals surface area contributed by atoms with Crippen LogP contribution < -0.4 is 41.0 Å². The maximum absolute atomic E-state index is 12.4. The lowest BCUT2D eigenvalue weighted by atomic mass is 9.88. The molecular formula is C70H89Br2ClN18O6S2. The summed E-state index contributed by atoms with van der Waals surface area (Å²) in [6, 6.07) is 20.0. The van der Waals surface area contributed by atoms with Crippen molar-refractivity contribution in [3.63, 3.8) is 0 Å². The number of nitrogen functional groups attached to an aromatic ring is 1. The molecule has 24 nitrogen and oxygen atoms in total. The Hall–Kier alpha value is -6.89. The van der Waals surface area contributed by atoms with Gasteiger partial charge in [0, 0.05) is 184 Å². The number of sulfone groups is 2. The summed E-state index contributed by atoms with van der Waals surface area (Å²) in [5.41, 5.74) is 17.2. The van der Waals surface area contributed by atoms with Gasteiger partial charge in [0.2, 0.25) is 11.2 Å². The van der Waals surface area contributed by atoms with Gasteiger partial charge in [0.1, 0.15) is 23.1 Å². The number of aromatic nitrogens is 8. The summed E-state index contributed by atoms with van der Waals surface area (Å²) in [4.78, 5) is 50.4. The lowest BCUT2D eigenvalue weighted by Gasteiger charge is -2.54. The number of nitrogens with zero attached hydrogens (tertiary/aromatic N) is 14. The Balaban J connectivity index is 0.000000156. The number of nitrogens with two attached hydrogens (primary N) is 1. The van der Waals surface area contributed by atoms with Crippen molar-refractivity contribution in [2.45, 2.75) is 126 Å². The lowest BCUT2D eigenvalue weighted by Crippen LogP contribution is -2.64. The molecule has 0 saturated carbocycles. The molecule has 0 radical (unpaired) electrons. The molecule has 4 aromatic heterocycles. The number of fused-ring (bicyclic) bond motifs is 8. The van der Waals surface area contributed by atoms with Crippen molar-refractivity contribution in [1.29, 1.82) is 0 Å². The first-order chi connectivity index (χ1) is 47.5. The van der Waals surface area contributed by atoms with Gasteiger partial charge in [-0.3, -0.25) is 29.7 Å². The minimum Gasteiger partial charge on any atom is -0.495 e. The molecule has 0 spiro atoms. The van der Waals surface area contributed by atoms with Gasteiger partial charge in [-0.25, -0.2) is 26.8 Å². The van der Waals surface area contributed by atoms with Crippen molar-refractivity contribution in [1.82, 2.24) is 59.5 Å². The Labute approximate surface area is 602 Å². The Morgan fingerprint density at radius 1 is 0.535 bits per heavy atom. The summed E-state index contributed by atoms with van der Waals surface area (Å²) in [6.07, 6.45) is 24.0. The highest BCUT2D eigenvalue weighted by molar-refractivity contribution is 9.11. The minimum atomic E-state index is -3.37. The quantitative estimate of drug-likeness (QED) is 0.0459. The van der Waals surface area contributed by atoms with Crippen LogP contribution in [0.1, 0.15) is 87.5 Å². The van der Waals surface area contributed by atoms with Crippen molar-refractivity contribution < 1.29 is 26.3 Å². The second-order valence-electron chi connectivity index (χ2n) is 26.9. The number of ether oxygens (including phenoxy) is 2.